The molecule has 0 radical (unpaired) electrons. The monoisotopic (exact) mass is 304 g/mol. The molecule has 0 atom stereocenters. The minimum Gasteiger partial charge on any atom is -0.482 e. The SMILES string of the molecule is O=C1COc2ccc(NC(=O)c3cnc(Cl)cn3)cc2N1. The number of carbonyl (C=O) groups is 2. The van der Waals surface area contributed by atoms with Gasteiger partial charge in [0.1, 0.15) is 16.6 Å². The summed E-state index contributed by atoms with van der Waals surface area (Å²) in [5.41, 5.74) is 1.14. The maximum absolute atomic E-state index is 12.0. The van der Waals surface area contributed by atoms with Gasteiger partial charge in [-0.15, -0.1) is 0 Å². The summed E-state index contributed by atoms with van der Waals surface area (Å²) in [5, 5.41) is 5.52. The van der Waals surface area contributed by atoms with Crippen molar-refractivity contribution in [3.8, 4) is 5.75 Å². The molecule has 1 aromatic heterocycles. The third kappa shape index (κ3) is 2.92. The number of fused-ring (bicyclic) bond motifs is 1. The standard InChI is InChI=1S/C13H9ClN4O3/c14-11-5-15-9(4-16-11)13(20)17-7-1-2-10-8(3-7)18-12(19)6-21-10/h1-5H,6H2,(H,17,20)(H,18,19). The van der Waals surface area contributed by atoms with Gasteiger partial charge in [0.05, 0.1) is 18.1 Å². The summed E-state index contributed by atoms with van der Waals surface area (Å²) in [6, 6.07) is 4.93. The molecule has 2 heterocycles. The number of nitrogens with zero attached hydrogens (tertiary/aromatic N) is 2. The molecule has 1 aliphatic heterocycles. The van der Waals surface area contributed by atoms with Crippen LogP contribution >= 0.6 is 11.6 Å². The van der Waals surface area contributed by atoms with Crippen LogP contribution in [-0.2, 0) is 4.79 Å². The van der Waals surface area contributed by atoms with Crippen molar-refractivity contribution in [1.29, 1.82) is 0 Å². The van der Waals surface area contributed by atoms with Gasteiger partial charge in [-0.05, 0) is 18.2 Å². The van der Waals surface area contributed by atoms with Gasteiger partial charge in [0.2, 0.25) is 0 Å². The molecule has 7 nitrogen and oxygen atoms in total. The van der Waals surface area contributed by atoms with Crippen LogP contribution in [-0.4, -0.2) is 28.4 Å². The smallest absolute Gasteiger partial charge is 0.275 e. The number of anilines is 2. The molecule has 0 saturated carbocycles. The minimum absolute atomic E-state index is 0.0148. The second-order valence-corrected chi connectivity index (χ2v) is 4.61. The maximum atomic E-state index is 12.0. The lowest BCUT2D eigenvalue weighted by Crippen LogP contribution is -2.25. The molecule has 0 fully saturated rings. The van der Waals surface area contributed by atoms with Crippen molar-refractivity contribution < 1.29 is 14.3 Å². The van der Waals surface area contributed by atoms with Crippen LogP contribution in [0.5, 0.6) is 5.75 Å². The molecule has 3 rings (SSSR count). The van der Waals surface area contributed by atoms with Crippen LogP contribution in [0.1, 0.15) is 10.5 Å². The molecule has 2 N–H and O–H groups in total. The van der Waals surface area contributed by atoms with E-state index >= 15 is 0 Å². The Morgan fingerprint density at radius 1 is 1.33 bits per heavy atom. The fourth-order valence-electron chi connectivity index (χ4n) is 1.79. The summed E-state index contributed by atoms with van der Waals surface area (Å²) in [7, 11) is 0. The lowest BCUT2D eigenvalue weighted by atomic mass is 10.2. The zero-order chi connectivity index (χ0) is 14.8. The number of hydrogen-bond donors (Lipinski definition) is 2. The Kier molecular flexibility index (Phi) is 3.41. The van der Waals surface area contributed by atoms with E-state index in [1.807, 2.05) is 0 Å². The van der Waals surface area contributed by atoms with Gasteiger partial charge in [0.25, 0.3) is 11.8 Å². The van der Waals surface area contributed by atoms with Crippen molar-refractivity contribution in [3.63, 3.8) is 0 Å². The maximum Gasteiger partial charge on any atom is 0.275 e. The van der Waals surface area contributed by atoms with Gasteiger partial charge in [0, 0.05) is 5.69 Å². The molecule has 0 unspecified atom stereocenters. The number of rotatable bonds is 2. The zero-order valence-electron chi connectivity index (χ0n) is 10.6. The first-order chi connectivity index (χ1) is 10.1. The topological polar surface area (TPSA) is 93.2 Å². The minimum atomic E-state index is -0.429. The summed E-state index contributed by atoms with van der Waals surface area (Å²) >= 11 is 5.61. The number of ether oxygens (including phenoxy) is 1. The van der Waals surface area contributed by atoms with Gasteiger partial charge in [-0.3, -0.25) is 9.59 Å². The van der Waals surface area contributed by atoms with Crippen LogP contribution in [0, 0.1) is 0 Å². The molecule has 8 heteroatoms. The van der Waals surface area contributed by atoms with E-state index in [1.165, 1.54) is 12.4 Å². The number of amides is 2. The Hall–Kier alpha value is -2.67. The average Bonchev–Trinajstić information content (AvgIpc) is 2.47. The van der Waals surface area contributed by atoms with Gasteiger partial charge in [0.15, 0.2) is 6.61 Å². The first-order valence-corrected chi connectivity index (χ1v) is 6.35. The van der Waals surface area contributed by atoms with Crippen molar-refractivity contribution in [3.05, 3.63) is 41.4 Å². The number of halogens is 1. The first-order valence-electron chi connectivity index (χ1n) is 5.97. The predicted molar refractivity (Wildman–Crippen MR) is 75.6 cm³/mol. The highest BCUT2D eigenvalue weighted by molar-refractivity contribution is 6.29. The van der Waals surface area contributed by atoms with Crippen LogP contribution < -0.4 is 15.4 Å². The lowest BCUT2D eigenvalue weighted by Gasteiger charge is -2.18. The molecule has 2 amide bonds. The van der Waals surface area contributed by atoms with Gasteiger partial charge < -0.3 is 15.4 Å². The van der Waals surface area contributed by atoms with Gasteiger partial charge in [-0.2, -0.15) is 0 Å². The van der Waals surface area contributed by atoms with Crippen LogP contribution in [0.2, 0.25) is 5.15 Å². The zero-order valence-corrected chi connectivity index (χ0v) is 11.3. The Labute approximate surface area is 124 Å². The van der Waals surface area contributed by atoms with Crippen molar-refractivity contribution in [1.82, 2.24) is 9.97 Å². The second kappa shape index (κ2) is 5.37. The van der Waals surface area contributed by atoms with E-state index in [2.05, 4.69) is 20.6 Å². The third-order valence-electron chi connectivity index (χ3n) is 2.72. The highest BCUT2D eigenvalue weighted by Gasteiger charge is 2.17. The Balaban J connectivity index is 1.79. The molecule has 2 aromatic rings. The molecule has 0 aliphatic carbocycles. The highest BCUT2D eigenvalue weighted by Crippen LogP contribution is 2.30. The Morgan fingerprint density at radius 2 is 2.19 bits per heavy atom. The Bertz CT molecular complexity index is 718. The average molecular weight is 305 g/mol. The van der Waals surface area contributed by atoms with Crippen molar-refractivity contribution in [2.24, 2.45) is 0 Å². The summed E-state index contributed by atoms with van der Waals surface area (Å²) in [4.78, 5) is 30.9. The molecule has 0 saturated heterocycles. The second-order valence-electron chi connectivity index (χ2n) is 4.23. The van der Waals surface area contributed by atoms with Crippen LogP contribution in [0.15, 0.2) is 30.6 Å². The number of aromatic nitrogens is 2. The van der Waals surface area contributed by atoms with E-state index in [1.54, 1.807) is 18.2 Å². The van der Waals surface area contributed by atoms with Crippen molar-refractivity contribution in [2.75, 3.05) is 17.2 Å². The molecular weight excluding hydrogens is 296 g/mol. The van der Waals surface area contributed by atoms with Crippen LogP contribution in [0.3, 0.4) is 0 Å². The van der Waals surface area contributed by atoms with E-state index < -0.39 is 5.91 Å². The molecular formula is C13H9ClN4O3. The van der Waals surface area contributed by atoms with E-state index in [0.717, 1.165) is 0 Å². The molecule has 106 valence electrons. The highest BCUT2D eigenvalue weighted by atomic mass is 35.5. The molecule has 0 bridgehead atoms. The van der Waals surface area contributed by atoms with Crippen LogP contribution in [0.4, 0.5) is 11.4 Å². The predicted octanol–water partition coefficient (Wildman–Crippen LogP) is 1.71. The van der Waals surface area contributed by atoms with Crippen molar-refractivity contribution >= 4 is 34.8 Å². The molecule has 21 heavy (non-hydrogen) atoms. The number of hydrogen-bond acceptors (Lipinski definition) is 5. The molecule has 1 aliphatic rings. The summed E-state index contributed by atoms with van der Waals surface area (Å²) < 4.78 is 5.23. The largest absolute Gasteiger partial charge is 0.482 e. The molecule has 1 aromatic carbocycles. The normalized spacial score (nSPS) is 12.9. The third-order valence-corrected chi connectivity index (χ3v) is 2.92. The lowest BCUT2D eigenvalue weighted by molar-refractivity contribution is -0.118. The molecule has 0 spiro atoms. The fourth-order valence-corrected chi connectivity index (χ4v) is 1.88. The summed E-state index contributed by atoms with van der Waals surface area (Å²) in [6.45, 7) is -0.0148. The quantitative estimate of drug-likeness (QED) is 0.881. The fraction of sp³-hybridized carbons (Fsp3) is 0.0769. The van der Waals surface area contributed by atoms with Gasteiger partial charge >= 0.3 is 0 Å². The van der Waals surface area contributed by atoms with Gasteiger partial charge in [-0.25, -0.2) is 9.97 Å². The first kappa shape index (κ1) is 13.3. The Morgan fingerprint density at radius 3 is 2.95 bits per heavy atom. The van der Waals surface area contributed by atoms with Crippen molar-refractivity contribution in [2.45, 2.75) is 0 Å². The summed E-state index contributed by atoms with van der Waals surface area (Å²) in [6.07, 6.45) is 2.57. The van der Waals surface area contributed by atoms with E-state index in [-0.39, 0.29) is 23.4 Å². The van der Waals surface area contributed by atoms with E-state index in [9.17, 15) is 9.59 Å². The van der Waals surface area contributed by atoms with Crippen LogP contribution in [0.25, 0.3) is 0 Å². The van der Waals surface area contributed by atoms with E-state index in [0.29, 0.717) is 17.1 Å². The van der Waals surface area contributed by atoms with Gasteiger partial charge in [-0.1, -0.05) is 11.6 Å². The number of carbonyl (C=O) groups excluding carboxylic acids is 2. The number of benzene rings is 1. The van der Waals surface area contributed by atoms with E-state index in [4.69, 9.17) is 16.3 Å². The number of nitrogens with one attached hydrogen (secondary N) is 2. The summed E-state index contributed by atoms with van der Waals surface area (Å²) in [5.74, 6) is -0.115.